The number of carbonyl (C=O) groups is 1. The van der Waals surface area contributed by atoms with Gasteiger partial charge in [-0.3, -0.25) is 4.79 Å². The molecule has 0 heterocycles. The van der Waals surface area contributed by atoms with Crippen molar-refractivity contribution in [1.29, 1.82) is 0 Å². The molecule has 4 heteroatoms. The number of ether oxygens (including phenoxy) is 1. The second-order valence-corrected chi connectivity index (χ2v) is 4.49. The molecule has 0 spiro atoms. The van der Waals surface area contributed by atoms with Crippen LogP contribution in [0, 0.1) is 0 Å². The van der Waals surface area contributed by atoms with E-state index in [9.17, 15) is 4.79 Å². The van der Waals surface area contributed by atoms with Crippen molar-refractivity contribution >= 4 is 5.91 Å². The summed E-state index contributed by atoms with van der Waals surface area (Å²) in [7, 11) is 0. The lowest BCUT2D eigenvalue weighted by Gasteiger charge is -2.26. The molecule has 0 aliphatic heterocycles. The van der Waals surface area contributed by atoms with Crippen LogP contribution >= 0.6 is 0 Å². The number of carbonyl (C=O) groups excluding carboxylic acids is 1. The van der Waals surface area contributed by atoms with Crippen LogP contribution < -0.4 is 11.5 Å². The quantitative estimate of drug-likeness (QED) is 0.668. The molecule has 4 N–H and O–H groups in total. The third-order valence-corrected chi connectivity index (χ3v) is 2.53. The van der Waals surface area contributed by atoms with E-state index < -0.39 is 11.4 Å². The molecule has 0 bridgehead atoms. The Morgan fingerprint density at radius 1 is 1.36 bits per heavy atom. The zero-order chi connectivity index (χ0) is 11.4. The van der Waals surface area contributed by atoms with Crippen LogP contribution in [-0.4, -0.2) is 23.7 Å². The predicted octanol–water partition coefficient (Wildman–Crippen LogP) is 0.784. The average molecular weight is 202 g/mol. The van der Waals surface area contributed by atoms with Crippen molar-refractivity contribution in [2.24, 2.45) is 11.5 Å². The van der Waals surface area contributed by atoms with E-state index in [1.54, 1.807) is 6.92 Å². The van der Waals surface area contributed by atoms with Gasteiger partial charge in [-0.2, -0.15) is 0 Å². The Kier molecular flexibility index (Phi) is 4.55. The molecule has 0 aromatic carbocycles. The Morgan fingerprint density at radius 3 is 2.21 bits per heavy atom. The second-order valence-electron chi connectivity index (χ2n) is 4.49. The van der Waals surface area contributed by atoms with E-state index in [2.05, 4.69) is 6.92 Å². The SMILES string of the molecule is CCC(C)(C)OCCC(C)(N)C(N)=O. The lowest BCUT2D eigenvalue weighted by molar-refractivity contribution is -0.124. The van der Waals surface area contributed by atoms with Crippen LogP contribution in [0.15, 0.2) is 0 Å². The first kappa shape index (κ1) is 13.4. The minimum Gasteiger partial charge on any atom is -0.376 e. The molecule has 4 nitrogen and oxygen atoms in total. The fraction of sp³-hybridized carbons (Fsp3) is 0.900. The third-order valence-electron chi connectivity index (χ3n) is 2.53. The Morgan fingerprint density at radius 2 is 1.86 bits per heavy atom. The summed E-state index contributed by atoms with van der Waals surface area (Å²) >= 11 is 0. The molecule has 0 aliphatic carbocycles. The summed E-state index contributed by atoms with van der Waals surface area (Å²) in [5.74, 6) is -0.490. The van der Waals surface area contributed by atoms with Gasteiger partial charge in [0.2, 0.25) is 5.91 Å². The second kappa shape index (κ2) is 4.75. The first-order valence-corrected chi connectivity index (χ1v) is 4.94. The van der Waals surface area contributed by atoms with Gasteiger partial charge in [-0.05, 0) is 33.6 Å². The number of hydrogen-bond donors (Lipinski definition) is 2. The molecule has 0 aromatic rings. The summed E-state index contributed by atoms with van der Waals surface area (Å²) in [6.07, 6.45) is 1.37. The Bertz CT molecular complexity index is 200. The van der Waals surface area contributed by atoms with Gasteiger partial charge in [0.1, 0.15) is 0 Å². The smallest absolute Gasteiger partial charge is 0.237 e. The van der Waals surface area contributed by atoms with Crippen LogP contribution in [0.4, 0.5) is 0 Å². The summed E-state index contributed by atoms with van der Waals surface area (Å²) < 4.78 is 5.58. The molecule has 84 valence electrons. The monoisotopic (exact) mass is 202 g/mol. The summed E-state index contributed by atoms with van der Waals surface area (Å²) in [4.78, 5) is 10.9. The summed E-state index contributed by atoms with van der Waals surface area (Å²) in [5.41, 5.74) is 9.68. The van der Waals surface area contributed by atoms with Gasteiger partial charge >= 0.3 is 0 Å². The largest absolute Gasteiger partial charge is 0.376 e. The van der Waals surface area contributed by atoms with Gasteiger partial charge in [0, 0.05) is 6.61 Å². The number of rotatable bonds is 6. The van der Waals surface area contributed by atoms with Crippen molar-refractivity contribution < 1.29 is 9.53 Å². The molecule has 0 aromatic heterocycles. The lowest BCUT2D eigenvalue weighted by atomic mass is 9.99. The zero-order valence-corrected chi connectivity index (χ0v) is 9.59. The minimum absolute atomic E-state index is 0.159. The fourth-order valence-electron chi connectivity index (χ4n) is 0.765. The molecule has 1 atom stereocenters. The molecule has 1 amide bonds. The Balaban J connectivity index is 3.91. The number of hydrogen-bond acceptors (Lipinski definition) is 3. The van der Waals surface area contributed by atoms with Gasteiger partial charge in [0.15, 0.2) is 0 Å². The average Bonchev–Trinajstić information content (AvgIpc) is 2.03. The molecular weight excluding hydrogens is 180 g/mol. The molecule has 0 fully saturated rings. The number of primary amides is 1. The van der Waals surface area contributed by atoms with E-state index in [0.29, 0.717) is 13.0 Å². The van der Waals surface area contributed by atoms with Gasteiger partial charge in [0.25, 0.3) is 0 Å². The van der Waals surface area contributed by atoms with Gasteiger partial charge in [-0.1, -0.05) is 6.92 Å². The standard InChI is InChI=1S/C10H22N2O2/c1-5-9(2,3)14-7-6-10(4,12)8(11)13/h5-7,12H2,1-4H3,(H2,11,13). The number of nitrogens with two attached hydrogens (primary N) is 2. The topological polar surface area (TPSA) is 78.3 Å². The van der Waals surface area contributed by atoms with E-state index >= 15 is 0 Å². The van der Waals surface area contributed by atoms with Gasteiger partial charge < -0.3 is 16.2 Å². The first-order chi connectivity index (χ1) is 6.21. The van der Waals surface area contributed by atoms with E-state index in [-0.39, 0.29) is 5.60 Å². The highest BCUT2D eigenvalue weighted by Crippen LogP contribution is 2.15. The van der Waals surface area contributed by atoms with Gasteiger partial charge in [-0.15, -0.1) is 0 Å². The Labute approximate surface area is 86.0 Å². The molecular formula is C10H22N2O2. The highest BCUT2D eigenvalue weighted by molar-refractivity contribution is 5.83. The van der Waals surface area contributed by atoms with E-state index in [1.165, 1.54) is 0 Å². The summed E-state index contributed by atoms with van der Waals surface area (Å²) in [6.45, 7) is 8.14. The molecule has 1 unspecified atom stereocenters. The van der Waals surface area contributed by atoms with Crippen LogP contribution in [-0.2, 0) is 9.53 Å². The molecule has 0 saturated heterocycles. The van der Waals surface area contributed by atoms with E-state index in [0.717, 1.165) is 6.42 Å². The molecule has 0 rings (SSSR count). The maximum absolute atomic E-state index is 10.9. The Hall–Kier alpha value is -0.610. The van der Waals surface area contributed by atoms with Gasteiger partial charge in [0.05, 0.1) is 11.1 Å². The van der Waals surface area contributed by atoms with Crippen molar-refractivity contribution in [2.75, 3.05) is 6.61 Å². The van der Waals surface area contributed by atoms with Crippen LogP contribution in [0.2, 0.25) is 0 Å². The van der Waals surface area contributed by atoms with Crippen molar-refractivity contribution in [3.8, 4) is 0 Å². The van der Waals surface area contributed by atoms with Crippen molar-refractivity contribution in [3.05, 3.63) is 0 Å². The third kappa shape index (κ3) is 4.58. The van der Waals surface area contributed by atoms with Crippen LogP contribution in [0.25, 0.3) is 0 Å². The van der Waals surface area contributed by atoms with Crippen molar-refractivity contribution in [3.63, 3.8) is 0 Å². The highest BCUT2D eigenvalue weighted by Gasteiger charge is 2.26. The molecule has 0 aliphatic rings. The van der Waals surface area contributed by atoms with E-state index in [1.807, 2.05) is 13.8 Å². The van der Waals surface area contributed by atoms with Gasteiger partial charge in [-0.25, -0.2) is 0 Å². The van der Waals surface area contributed by atoms with Crippen LogP contribution in [0.5, 0.6) is 0 Å². The van der Waals surface area contributed by atoms with Crippen molar-refractivity contribution in [2.45, 2.75) is 51.7 Å². The molecule has 0 radical (unpaired) electrons. The van der Waals surface area contributed by atoms with Crippen LogP contribution in [0.1, 0.15) is 40.5 Å². The minimum atomic E-state index is -0.968. The molecule has 14 heavy (non-hydrogen) atoms. The number of amides is 1. The highest BCUT2D eigenvalue weighted by atomic mass is 16.5. The maximum atomic E-state index is 10.9. The fourth-order valence-corrected chi connectivity index (χ4v) is 0.765. The predicted molar refractivity (Wildman–Crippen MR) is 56.7 cm³/mol. The summed E-state index contributed by atoms with van der Waals surface area (Å²) in [5, 5.41) is 0. The zero-order valence-electron chi connectivity index (χ0n) is 9.59. The maximum Gasteiger partial charge on any atom is 0.237 e. The first-order valence-electron chi connectivity index (χ1n) is 4.94. The van der Waals surface area contributed by atoms with E-state index in [4.69, 9.17) is 16.2 Å². The lowest BCUT2D eigenvalue weighted by Crippen LogP contribution is -2.50. The van der Waals surface area contributed by atoms with Crippen molar-refractivity contribution in [1.82, 2.24) is 0 Å². The normalized spacial score (nSPS) is 16.4. The molecule has 0 saturated carbocycles. The summed E-state index contributed by atoms with van der Waals surface area (Å²) in [6, 6.07) is 0. The van der Waals surface area contributed by atoms with Crippen LogP contribution in [0.3, 0.4) is 0 Å².